The normalized spacial score (nSPS) is 12.3. The van der Waals surface area contributed by atoms with Gasteiger partial charge in [0, 0.05) is 5.92 Å². The van der Waals surface area contributed by atoms with Crippen LogP contribution in [-0.4, -0.2) is 25.0 Å². The van der Waals surface area contributed by atoms with Crippen LogP contribution in [0.3, 0.4) is 0 Å². The molecule has 0 heterocycles. The van der Waals surface area contributed by atoms with Crippen LogP contribution in [0.1, 0.15) is 28.2 Å². The third kappa shape index (κ3) is 5.75. The molecule has 4 nitrogen and oxygen atoms in total. The van der Waals surface area contributed by atoms with E-state index in [1.165, 1.54) is 19.2 Å². The molecule has 3 aromatic rings. The van der Waals surface area contributed by atoms with Crippen molar-refractivity contribution in [1.29, 1.82) is 0 Å². The summed E-state index contributed by atoms with van der Waals surface area (Å²) < 4.78 is 43.2. The molecule has 1 amide bonds. The molecular weight excluding hydrogens is 419 g/mol. The molecule has 0 aliphatic heterocycles. The van der Waals surface area contributed by atoms with E-state index in [4.69, 9.17) is 4.74 Å². The van der Waals surface area contributed by atoms with Crippen LogP contribution in [0.5, 0.6) is 0 Å². The molecule has 0 aliphatic rings. The maximum atomic E-state index is 12.8. The molecule has 0 radical (unpaired) electrons. The summed E-state index contributed by atoms with van der Waals surface area (Å²) in [5.74, 6) is -1.64. The molecule has 7 heteroatoms. The highest BCUT2D eigenvalue weighted by molar-refractivity contribution is 5.87. The molecule has 0 fully saturated rings. The van der Waals surface area contributed by atoms with E-state index in [1.807, 2.05) is 60.7 Å². The maximum absolute atomic E-state index is 12.8. The first kappa shape index (κ1) is 23.1. The molecule has 0 aromatic heterocycles. The zero-order chi connectivity index (χ0) is 23.1. The highest BCUT2D eigenvalue weighted by atomic mass is 19.4. The number of amides is 1. The fourth-order valence-electron chi connectivity index (χ4n) is 3.52. The number of hydrogen-bond donors (Lipinski definition) is 1. The zero-order valence-electron chi connectivity index (χ0n) is 17.3. The fourth-order valence-corrected chi connectivity index (χ4v) is 3.52. The second-order valence-electron chi connectivity index (χ2n) is 7.24. The minimum atomic E-state index is -4.45. The number of alkyl halides is 3. The number of methoxy groups -OCH3 is 1. The van der Waals surface area contributed by atoms with Crippen molar-refractivity contribution in [2.45, 2.75) is 24.6 Å². The van der Waals surface area contributed by atoms with Crippen molar-refractivity contribution in [2.75, 3.05) is 7.11 Å². The lowest BCUT2D eigenvalue weighted by molar-refractivity contribution is -0.145. The standard InChI is InChI=1S/C25H22F3NO3/c1-32-24(31)23(22(18-8-4-2-5-9-18)19-10-6-3-7-11-19)29-21(30)16-17-12-14-20(15-13-17)25(26,27)28/h2-15,22-23H,16H2,1H3,(H,29,30)/t23-/m1/s1. The molecule has 0 saturated heterocycles. The van der Waals surface area contributed by atoms with Gasteiger partial charge in [-0.15, -0.1) is 0 Å². The lowest BCUT2D eigenvalue weighted by atomic mass is 9.85. The van der Waals surface area contributed by atoms with Gasteiger partial charge in [0.1, 0.15) is 6.04 Å². The largest absolute Gasteiger partial charge is 0.467 e. The number of benzene rings is 3. The zero-order valence-corrected chi connectivity index (χ0v) is 17.3. The van der Waals surface area contributed by atoms with Crippen LogP contribution in [0.15, 0.2) is 84.9 Å². The highest BCUT2D eigenvalue weighted by Gasteiger charge is 2.33. The first-order chi connectivity index (χ1) is 15.3. The second kappa shape index (κ2) is 10.1. The van der Waals surface area contributed by atoms with Crippen LogP contribution >= 0.6 is 0 Å². The fraction of sp³-hybridized carbons (Fsp3) is 0.200. The van der Waals surface area contributed by atoms with Crippen LogP contribution in [0.4, 0.5) is 13.2 Å². The molecule has 1 N–H and O–H groups in total. The lowest BCUT2D eigenvalue weighted by Gasteiger charge is -2.27. The van der Waals surface area contributed by atoms with E-state index in [0.29, 0.717) is 5.56 Å². The first-order valence-corrected chi connectivity index (χ1v) is 9.93. The lowest BCUT2D eigenvalue weighted by Crippen LogP contribution is -2.46. The van der Waals surface area contributed by atoms with Crippen molar-refractivity contribution in [3.05, 3.63) is 107 Å². The molecule has 3 rings (SSSR count). The Morgan fingerprint density at radius 2 is 1.34 bits per heavy atom. The second-order valence-corrected chi connectivity index (χ2v) is 7.24. The van der Waals surface area contributed by atoms with E-state index in [2.05, 4.69) is 5.32 Å². The Balaban J connectivity index is 1.86. The minimum absolute atomic E-state index is 0.179. The Morgan fingerprint density at radius 3 is 1.78 bits per heavy atom. The van der Waals surface area contributed by atoms with Gasteiger partial charge in [-0.25, -0.2) is 4.79 Å². The molecule has 32 heavy (non-hydrogen) atoms. The molecule has 0 spiro atoms. The smallest absolute Gasteiger partial charge is 0.416 e. The Kier molecular flexibility index (Phi) is 7.30. The number of ether oxygens (including phenoxy) is 1. The van der Waals surface area contributed by atoms with Gasteiger partial charge >= 0.3 is 12.1 Å². The van der Waals surface area contributed by atoms with E-state index in [1.54, 1.807) is 0 Å². The average molecular weight is 441 g/mol. The van der Waals surface area contributed by atoms with Gasteiger partial charge in [0.05, 0.1) is 19.1 Å². The predicted molar refractivity (Wildman–Crippen MR) is 114 cm³/mol. The van der Waals surface area contributed by atoms with E-state index in [0.717, 1.165) is 23.3 Å². The minimum Gasteiger partial charge on any atom is -0.467 e. The Bertz CT molecular complexity index is 996. The number of esters is 1. The van der Waals surface area contributed by atoms with Crippen molar-refractivity contribution in [2.24, 2.45) is 0 Å². The number of halogens is 3. The summed E-state index contributed by atoms with van der Waals surface area (Å²) in [5, 5.41) is 2.72. The third-order valence-electron chi connectivity index (χ3n) is 5.07. The van der Waals surface area contributed by atoms with E-state index in [-0.39, 0.29) is 6.42 Å². The monoisotopic (exact) mass is 441 g/mol. The summed E-state index contributed by atoms with van der Waals surface area (Å²) in [4.78, 5) is 25.4. The molecule has 0 unspecified atom stereocenters. The van der Waals surface area contributed by atoms with Crippen LogP contribution < -0.4 is 5.32 Å². The Hall–Kier alpha value is -3.61. The van der Waals surface area contributed by atoms with Gasteiger partial charge in [-0.2, -0.15) is 13.2 Å². The molecule has 3 aromatic carbocycles. The van der Waals surface area contributed by atoms with Gasteiger partial charge in [0.25, 0.3) is 0 Å². The van der Waals surface area contributed by atoms with Gasteiger partial charge in [-0.1, -0.05) is 72.8 Å². The molecule has 0 bridgehead atoms. The number of carbonyl (C=O) groups excluding carboxylic acids is 2. The van der Waals surface area contributed by atoms with E-state index >= 15 is 0 Å². The van der Waals surface area contributed by atoms with E-state index in [9.17, 15) is 22.8 Å². The summed E-state index contributed by atoms with van der Waals surface area (Å²) in [6, 6.07) is 21.8. The van der Waals surface area contributed by atoms with Crippen molar-refractivity contribution in [1.82, 2.24) is 5.32 Å². The summed E-state index contributed by atoms with van der Waals surface area (Å²) in [7, 11) is 1.24. The molecule has 1 atom stereocenters. The topological polar surface area (TPSA) is 55.4 Å². The third-order valence-corrected chi connectivity index (χ3v) is 5.07. The van der Waals surface area contributed by atoms with Crippen LogP contribution in [0.25, 0.3) is 0 Å². The van der Waals surface area contributed by atoms with Crippen LogP contribution in [0, 0.1) is 0 Å². The van der Waals surface area contributed by atoms with Gasteiger partial charge in [0.2, 0.25) is 5.91 Å². The number of rotatable bonds is 7. The van der Waals surface area contributed by atoms with Crippen molar-refractivity contribution >= 4 is 11.9 Å². The van der Waals surface area contributed by atoms with Gasteiger partial charge in [-0.3, -0.25) is 4.79 Å². The summed E-state index contributed by atoms with van der Waals surface area (Å²) in [6.07, 6.45) is -4.63. The number of carbonyl (C=O) groups is 2. The summed E-state index contributed by atoms with van der Waals surface area (Å²) in [6.45, 7) is 0. The quantitative estimate of drug-likeness (QED) is 0.539. The first-order valence-electron chi connectivity index (χ1n) is 9.93. The number of nitrogens with one attached hydrogen (secondary N) is 1. The summed E-state index contributed by atoms with van der Waals surface area (Å²) >= 11 is 0. The van der Waals surface area contributed by atoms with Gasteiger partial charge in [0.15, 0.2) is 0 Å². The van der Waals surface area contributed by atoms with E-state index < -0.39 is 35.6 Å². The summed E-state index contributed by atoms with van der Waals surface area (Å²) in [5.41, 5.74) is 1.23. The number of hydrogen-bond acceptors (Lipinski definition) is 3. The predicted octanol–water partition coefficient (Wildman–Crippen LogP) is 4.74. The van der Waals surface area contributed by atoms with Crippen LogP contribution in [-0.2, 0) is 26.9 Å². The van der Waals surface area contributed by atoms with Crippen molar-refractivity contribution in [3.8, 4) is 0 Å². The van der Waals surface area contributed by atoms with Gasteiger partial charge in [-0.05, 0) is 28.8 Å². The van der Waals surface area contributed by atoms with Gasteiger partial charge < -0.3 is 10.1 Å². The Morgan fingerprint density at radius 1 is 0.844 bits per heavy atom. The average Bonchev–Trinajstić information content (AvgIpc) is 2.79. The van der Waals surface area contributed by atoms with Crippen molar-refractivity contribution in [3.63, 3.8) is 0 Å². The molecule has 166 valence electrons. The Labute approximate surface area is 184 Å². The molecule has 0 aliphatic carbocycles. The molecular formula is C25H22F3NO3. The van der Waals surface area contributed by atoms with Crippen molar-refractivity contribution < 1.29 is 27.5 Å². The molecule has 0 saturated carbocycles. The SMILES string of the molecule is COC(=O)[C@H](NC(=O)Cc1ccc(C(F)(F)F)cc1)C(c1ccccc1)c1ccccc1. The maximum Gasteiger partial charge on any atom is 0.416 e. The highest BCUT2D eigenvalue weighted by Crippen LogP contribution is 2.30. The van der Waals surface area contributed by atoms with Crippen LogP contribution in [0.2, 0.25) is 0 Å².